The standard InChI is InChI=1S/C23H25N3O7/c1-30-19(27)10-15-4-3-5-16(11-20(28)31-2)21(15)32-13-18-12-26(23(29)33-18)17-8-6-14(7-9-17)22(24)25/h3-9,18H,10-13H2,1-2H3,(H3,24,25). The summed E-state index contributed by atoms with van der Waals surface area (Å²) >= 11 is 0. The average Bonchev–Trinajstić information content (AvgIpc) is 3.18. The fourth-order valence-corrected chi connectivity index (χ4v) is 3.37. The molecule has 1 heterocycles. The summed E-state index contributed by atoms with van der Waals surface area (Å²) in [7, 11) is 2.58. The second kappa shape index (κ2) is 10.5. The molecule has 0 aromatic heterocycles. The van der Waals surface area contributed by atoms with Gasteiger partial charge in [-0.15, -0.1) is 0 Å². The van der Waals surface area contributed by atoms with Crippen LogP contribution in [0.3, 0.4) is 0 Å². The highest BCUT2D eigenvalue weighted by Crippen LogP contribution is 2.28. The molecule has 1 saturated heterocycles. The number of rotatable bonds is 9. The summed E-state index contributed by atoms with van der Waals surface area (Å²) in [5.74, 6) is -0.621. The SMILES string of the molecule is COC(=O)Cc1cccc(CC(=O)OC)c1OCC1CN(c2ccc(C(=N)N)cc2)C(=O)O1. The minimum absolute atomic E-state index is 0.0140. The van der Waals surface area contributed by atoms with Gasteiger partial charge in [0.15, 0.2) is 6.10 Å². The second-order valence-corrected chi connectivity index (χ2v) is 7.30. The summed E-state index contributed by atoms with van der Waals surface area (Å²) in [6.45, 7) is 0.254. The van der Waals surface area contributed by atoms with Crippen LogP contribution in [0.2, 0.25) is 0 Å². The molecule has 3 rings (SSSR count). The van der Waals surface area contributed by atoms with Crippen LogP contribution in [0.1, 0.15) is 16.7 Å². The Balaban J connectivity index is 1.74. The molecule has 1 amide bonds. The number of esters is 2. The highest BCUT2D eigenvalue weighted by Gasteiger charge is 2.33. The molecular formula is C23H25N3O7. The van der Waals surface area contributed by atoms with Gasteiger partial charge in [-0.05, 0) is 24.3 Å². The van der Waals surface area contributed by atoms with Crippen molar-refractivity contribution in [3.8, 4) is 5.75 Å². The van der Waals surface area contributed by atoms with Crippen LogP contribution in [0.15, 0.2) is 42.5 Å². The summed E-state index contributed by atoms with van der Waals surface area (Å²) < 4.78 is 20.9. The van der Waals surface area contributed by atoms with Crippen LogP contribution in [0, 0.1) is 5.41 Å². The van der Waals surface area contributed by atoms with E-state index in [4.69, 9.17) is 30.1 Å². The van der Waals surface area contributed by atoms with E-state index < -0.39 is 24.1 Å². The van der Waals surface area contributed by atoms with E-state index in [0.717, 1.165) is 0 Å². The number of carbonyl (C=O) groups excluding carboxylic acids is 3. The minimum atomic E-state index is -0.581. The summed E-state index contributed by atoms with van der Waals surface area (Å²) in [5.41, 5.74) is 7.71. The van der Waals surface area contributed by atoms with Gasteiger partial charge in [-0.25, -0.2) is 4.79 Å². The Morgan fingerprint density at radius 1 is 1.06 bits per heavy atom. The van der Waals surface area contributed by atoms with Crippen LogP contribution in [-0.2, 0) is 36.6 Å². The summed E-state index contributed by atoms with van der Waals surface area (Å²) in [5, 5.41) is 7.47. The van der Waals surface area contributed by atoms with Crippen molar-refractivity contribution in [2.45, 2.75) is 18.9 Å². The molecule has 2 aromatic carbocycles. The maximum atomic E-state index is 12.4. The van der Waals surface area contributed by atoms with Gasteiger partial charge in [0.2, 0.25) is 0 Å². The van der Waals surface area contributed by atoms with Crippen molar-refractivity contribution in [1.82, 2.24) is 0 Å². The number of para-hydroxylation sites is 1. The quantitative estimate of drug-likeness (QED) is 0.252. The molecule has 33 heavy (non-hydrogen) atoms. The molecule has 0 aliphatic carbocycles. The van der Waals surface area contributed by atoms with Crippen LogP contribution in [-0.4, -0.2) is 57.3 Å². The monoisotopic (exact) mass is 455 g/mol. The maximum absolute atomic E-state index is 12.4. The first kappa shape index (κ1) is 23.6. The maximum Gasteiger partial charge on any atom is 0.414 e. The third-order valence-corrected chi connectivity index (χ3v) is 5.08. The van der Waals surface area contributed by atoms with Crippen LogP contribution >= 0.6 is 0 Å². The smallest absolute Gasteiger partial charge is 0.414 e. The highest BCUT2D eigenvalue weighted by molar-refractivity contribution is 5.96. The summed E-state index contributed by atoms with van der Waals surface area (Å²) in [6.07, 6.45) is -1.20. The Morgan fingerprint density at radius 3 is 2.15 bits per heavy atom. The van der Waals surface area contributed by atoms with E-state index in [1.807, 2.05) is 0 Å². The molecule has 10 heteroatoms. The van der Waals surface area contributed by atoms with Crippen molar-refractivity contribution < 1.29 is 33.3 Å². The van der Waals surface area contributed by atoms with Crippen LogP contribution < -0.4 is 15.4 Å². The molecule has 1 atom stereocenters. The number of nitrogen functional groups attached to an aromatic ring is 1. The number of ether oxygens (including phenoxy) is 4. The zero-order valence-electron chi connectivity index (χ0n) is 18.3. The van der Waals surface area contributed by atoms with Crippen LogP contribution in [0.25, 0.3) is 0 Å². The number of cyclic esters (lactones) is 1. The van der Waals surface area contributed by atoms with Gasteiger partial charge >= 0.3 is 18.0 Å². The molecular weight excluding hydrogens is 430 g/mol. The average molecular weight is 455 g/mol. The number of nitrogens with one attached hydrogen (secondary N) is 1. The minimum Gasteiger partial charge on any atom is -0.489 e. The number of benzene rings is 2. The molecule has 0 radical (unpaired) electrons. The zero-order valence-corrected chi connectivity index (χ0v) is 18.3. The normalized spacial score (nSPS) is 15.0. The molecule has 0 saturated carbocycles. The molecule has 174 valence electrons. The molecule has 1 aliphatic rings. The Morgan fingerprint density at radius 2 is 1.64 bits per heavy atom. The van der Waals surface area contributed by atoms with E-state index in [2.05, 4.69) is 0 Å². The number of amides is 1. The lowest BCUT2D eigenvalue weighted by Gasteiger charge is -2.17. The van der Waals surface area contributed by atoms with Gasteiger partial charge in [0.05, 0.1) is 33.6 Å². The van der Waals surface area contributed by atoms with E-state index in [0.29, 0.717) is 28.1 Å². The second-order valence-electron chi connectivity index (χ2n) is 7.30. The molecule has 1 fully saturated rings. The third kappa shape index (κ3) is 5.79. The van der Waals surface area contributed by atoms with E-state index in [1.165, 1.54) is 19.1 Å². The van der Waals surface area contributed by atoms with Gasteiger partial charge < -0.3 is 24.7 Å². The Kier molecular flexibility index (Phi) is 7.50. The number of methoxy groups -OCH3 is 2. The summed E-state index contributed by atoms with van der Waals surface area (Å²) in [4.78, 5) is 37.5. The molecule has 3 N–H and O–H groups in total. The number of amidine groups is 1. The van der Waals surface area contributed by atoms with Gasteiger partial charge in [0, 0.05) is 22.4 Å². The van der Waals surface area contributed by atoms with Gasteiger partial charge in [-0.2, -0.15) is 0 Å². The van der Waals surface area contributed by atoms with Crippen molar-refractivity contribution in [3.05, 3.63) is 59.2 Å². The molecule has 2 aromatic rings. The Labute approximate surface area is 190 Å². The van der Waals surface area contributed by atoms with Gasteiger partial charge in [-0.3, -0.25) is 19.9 Å². The van der Waals surface area contributed by atoms with Crippen molar-refractivity contribution in [2.75, 3.05) is 32.3 Å². The Hall–Kier alpha value is -4.08. The molecule has 0 spiro atoms. The number of nitrogens with zero attached hydrogens (tertiary/aromatic N) is 1. The number of hydrogen-bond donors (Lipinski definition) is 2. The van der Waals surface area contributed by atoms with Gasteiger partial charge in [0.25, 0.3) is 0 Å². The lowest BCUT2D eigenvalue weighted by molar-refractivity contribution is -0.140. The van der Waals surface area contributed by atoms with Crippen molar-refractivity contribution in [2.24, 2.45) is 5.73 Å². The summed E-state index contributed by atoms with van der Waals surface area (Å²) in [6, 6.07) is 11.8. The van der Waals surface area contributed by atoms with E-state index in [9.17, 15) is 14.4 Å². The predicted molar refractivity (Wildman–Crippen MR) is 118 cm³/mol. The first-order valence-electron chi connectivity index (χ1n) is 10.1. The number of hydrogen-bond acceptors (Lipinski definition) is 8. The van der Waals surface area contributed by atoms with Crippen molar-refractivity contribution in [3.63, 3.8) is 0 Å². The lowest BCUT2D eigenvalue weighted by Crippen LogP contribution is -2.27. The first-order valence-corrected chi connectivity index (χ1v) is 10.1. The van der Waals surface area contributed by atoms with Crippen molar-refractivity contribution >= 4 is 29.6 Å². The van der Waals surface area contributed by atoms with Gasteiger partial charge in [0.1, 0.15) is 18.2 Å². The van der Waals surface area contributed by atoms with Crippen molar-refractivity contribution in [1.29, 1.82) is 5.41 Å². The topological polar surface area (TPSA) is 141 Å². The number of nitrogens with two attached hydrogens (primary N) is 1. The number of carbonyl (C=O) groups is 3. The molecule has 1 aliphatic heterocycles. The molecule has 1 unspecified atom stereocenters. The predicted octanol–water partition coefficient (Wildman–Crippen LogP) is 1.81. The van der Waals surface area contributed by atoms with Crippen LogP contribution in [0.5, 0.6) is 5.75 Å². The largest absolute Gasteiger partial charge is 0.489 e. The zero-order chi connectivity index (χ0) is 24.0. The highest BCUT2D eigenvalue weighted by atomic mass is 16.6. The molecule has 10 nitrogen and oxygen atoms in total. The lowest BCUT2D eigenvalue weighted by atomic mass is 10.0. The van der Waals surface area contributed by atoms with Crippen LogP contribution in [0.4, 0.5) is 10.5 Å². The van der Waals surface area contributed by atoms with E-state index in [1.54, 1.807) is 42.5 Å². The fourth-order valence-electron chi connectivity index (χ4n) is 3.37. The molecule has 0 bridgehead atoms. The Bertz CT molecular complexity index is 1020. The first-order chi connectivity index (χ1) is 15.8. The third-order valence-electron chi connectivity index (χ3n) is 5.08. The van der Waals surface area contributed by atoms with Gasteiger partial charge in [-0.1, -0.05) is 18.2 Å². The number of anilines is 1. The van der Waals surface area contributed by atoms with E-state index in [-0.39, 0.29) is 31.8 Å². The fraction of sp³-hybridized carbons (Fsp3) is 0.304. The van der Waals surface area contributed by atoms with E-state index >= 15 is 0 Å².